The highest BCUT2D eigenvalue weighted by Gasteiger charge is 2.49. The largest absolute Gasteiger partial charge is 0.0998 e. The molecule has 3 rings (SSSR count). The van der Waals surface area contributed by atoms with E-state index in [1.807, 2.05) is 0 Å². The maximum atomic E-state index is 4.29. The molecule has 0 spiro atoms. The Balaban J connectivity index is 1.94. The Labute approximate surface area is 125 Å². The van der Waals surface area contributed by atoms with Gasteiger partial charge in [-0.1, -0.05) is 37.6 Å². The Morgan fingerprint density at radius 3 is 2.75 bits per heavy atom. The molecule has 0 aromatic carbocycles. The van der Waals surface area contributed by atoms with Crippen molar-refractivity contribution in [2.45, 2.75) is 66.2 Å². The lowest BCUT2D eigenvalue weighted by Gasteiger charge is -2.41. The second-order valence-corrected chi connectivity index (χ2v) is 8.46. The van der Waals surface area contributed by atoms with E-state index in [-0.39, 0.29) is 0 Å². The minimum absolute atomic E-state index is 0.572. The van der Waals surface area contributed by atoms with Gasteiger partial charge in [-0.25, -0.2) is 0 Å². The van der Waals surface area contributed by atoms with Crippen molar-refractivity contribution >= 4 is 0 Å². The van der Waals surface area contributed by atoms with E-state index in [2.05, 4.69) is 40.3 Å². The molecule has 0 saturated heterocycles. The summed E-state index contributed by atoms with van der Waals surface area (Å²) >= 11 is 0. The zero-order valence-electron chi connectivity index (χ0n) is 13.9. The summed E-state index contributed by atoms with van der Waals surface area (Å²) in [7, 11) is 0. The fraction of sp³-hybridized carbons (Fsp3) is 0.800. The van der Waals surface area contributed by atoms with Gasteiger partial charge in [0.25, 0.3) is 0 Å². The van der Waals surface area contributed by atoms with Crippen LogP contribution in [0.15, 0.2) is 23.8 Å². The average Bonchev–Trinajstić information content (AvgIpc) is 2.88. The Bertz CT molecular complexity index is 429. The highest BCUT2D eigenvalue weighted by Crippen LogP contribution is 2.58. The molecule has 0 heteroatoms. The molecule has 2 saturated carbocycles. The standard InChI is InChI=1S/C20H32/c1-13(2)16-10-11-20(5)12-18-15(4)6-8-17(18)14(3)7-9-19(16)20/h7,15-19H,1,6,8-12H2,2-5H3/b14-7-/t15-,16-,17-,18-,19+,20-/m1/s1. The van der Waals surface area contributed by atoms with Crippen LogP contribution in [0.3, 0.4) is 0 Å². The molecular weight excluding hydrogens is 240 g/mol. The molecule has 0 N–H and O–H groups in total. The van der Waals surface area contributed by atoms with Crippen LogP contribution in [-0.2, 0) is 0 Å². The SMILES string of the molecule is C=C(C)[C@H]1CC[C@]2(C)C[C@@H]3[C@H](C)CC[C@@H]3/C(C)=C\C[C@@H]12. The normalized spacial score (nSPS) is 50.6. The first-order valence-corrected chi connectivity index (χ1v) is 8.74. The topological polar surface area (TPSA) is 0 Å². The van der Waals surface area contributed by atoms with Gasteiger partial charge in [0.15, 0.2) is 0 Å². The zero-order valence-corrected chi connectivity index (χ0v) is 13.9. The monoisotopic (exact) mass is 272 g/mol. The zero-order chi connectivity index (χ0) is 14.5. The molecule has 0 unspecified atom stereocenters. The molecule has 0 amide bonds. The number of allylic oxidation sites excluding steroid dienone is 3. The van der Waals surface area contributed by atoms with Crippen LogP contribution in [0.25, 0.3) is 0 Å². The molecule has 0 aliphatic heterocycles. The van der Waals surface area contributed by atoms with Crippen LogP contribution in [0.1, 0.15) is 66.2 Å². The lowest BCUT2D eigenvalue weighted by Crippen LogP contribution is -2.32. The van der Waals surface area contributed by atoms with Gasteiger partial charge in [0.1, 0.15) is 0 Å². The van der Waals surface area contributed by atoms with Crippen molar-refractivity contribution in [3.8, 4) is 0 Å². The van der Waals surface area contributed by atoms with E-state index in [1.165, 1.54) is 44.1 Å². The summed E-state index contributed by atoms with van der Waals surface area (Å²) in [5.74, 6) is 4.40. The van der Waals surface area contributed by atoms with Crippen molar-refractivity contribution in [1.82, 2.24) is 0 Å². The first kappa shape index (κ1) is 14.4. The molecule has 0 radical (unpaired) electrons. The predicted octanol–water partition coefficient (Wildman–Crippen LogP) is 6.00. The molecule has 3 aliphatic carbocycles. The first-order valence-electron chi connectivity index (χ1n) is 8.74. The number of rotatable bonds is 1. The predicted molar refractivity (Wildman–Crippen MR) is 87.5 cm³/mol. The van der Waals surface area contributed by atoms with Gasteiger partial charge in [0.05, 0.1) is 0 Å². The maximum Gasteiger partial charge on any atom is -0.0172 e. The highest BCUT2D eigenvalue weighted by molar-refractivity contribution is 5.16. The van der Waals surface area contributed by atoms with Crippen LogP contribution in [0, 0.1) is 35.0 Å². The average molecular weight is 272 g/mol. The van der Waals surface area contributed by atoms with Crippen LogP contribution in [0.5, 0.6) is 0 Å². The van der Waals surface area contributed by atoms with Crippen molar-refractivity contribution in [1.29, 1.82) is 0 Å². The van der Waals surface area contributed by atoms with E-state index >= 15 is 0 Å². The Morgan fingerprint density at radius 1 is 1.30 bits per heavy atom. The van der Waals surface area contributed by atoms with Gasteiger partial charge in [0, 0.05) is 0 Å². The second kappa shape index (κ2) is 5.04. The van der Waals surface area contributed by atoms with E-state index in [0.29, 0.717) is 5.41 Å². The fourth-order valence-corrected chi connectivity index (χ4v) is 5.83. The molecule has 20 heavy (non-hydrogen) atoms. The number of hydrogen-bond donors (Lipinski definition) is 0. The molecule has 0 nitrogen and oxygen atoms in total. The molecule has 0 aromatic heterocycles. The van der Waals surface area contributed by atoms with Gasteiger partial charge in [-0.05, 0) is 87.4 Å². The number of fused-ring (bicyclic) bond motifs is 2. The third-order valence-electron chi connectivity index (χ3n) is 7.20. The molecule has 2 fully saturated rings. The van der Waals surface area contributed by atoms with Crippen LogP contribution >= 0.6 is 0 Å². The maximum absolute atomic E-state index is 4.29. The third-order valence-corrected chi connectivity index (χ3v) is 7.20. The van der Waals surface area contributed by atoms with Crippen molar-refractivity contribution < 1.29 is 0 Å². The minimum atomic E-state index is 0.572. The molecule has 112 valence electrons. The van der Waals surface area contributed by atoms with E-state index in [1.54, 1.807) is 5.57 Å². The van der Waals surface area contributed by atoms with E-state index in [4.69, 9.17) is 0 Å². The summed E-state index contributed by atoms with van der Waals surface area (Å²) in [6.45, 7) is 14.1. The Morgan fingerprint density at radius 2 is 2.05 bits per heavy atom. The molecule has 0 aromatic rings. The molecule has 3 aliphatic rings. The second-order valence-electron chi connectivity index (χ2n) is 8.46. The van der Waals surface area contributed by atoms with Crippen molar-refractivity contribution in [2.24, 2.45) is 35.0 Å². The first-order chi connectivity index (χ1) is 9.42. The summed E-state index contributed by atoms with van der Waals surface area (Å²) in [6, 6.07) is 0. The summed E-state index contributed by atoms with van der Waals surface area (Å²) < 4.78 is 0. The smallest absolute Gasteiger partial charge is 0.0172 e. The molecule has 0 bridgehead atoms. The van der Waals surface area contributed by atoms with Crippen LogP contribution in [-0.4, -0.2) is 0 Å². The summed E-state index contributed by atoms with van der Waals surface area (Å²) in [6.07, 6.45) is 11.1. The fourth-order valence-electron chi connectivity index (χ4n) is 5.83. The van der Waals surface area contributed by atoms with Gasteiger partial charge in [-0.3, -0.25) is 0 Å². The van der Waals surface area contributed by atoms with E-state index in [9.17, 15) is 0 Å². The summed E-state index contributed by atoms with van der Waals surface area (Å²) in [4.78, 5) is 0. The minimum Gasteiger partial charge on any atom is -0.0998 e. The summed E-state index contributed by atoms with van der Waals surface area (Å²) in [5.41, 5.74) is 3.71. The lowest BCUT2D eigenvalue weighted by molar-refractivity contribution is 0.124. The van der Waals surface area contributed by atoms with Crippen LogP contribution in [0.2, 0.25) is 0 Å². The molecule has 6 atom stereocenters. The quantitative estimate of drug-likeness (QED) is 0.514. The molecule has 0 heterocycles. The van der Waals surface area contributed by atoms with Crippen LogP contribution < -0.4 is 0 Å². The van der Waals surface area contributed by atoms with Crippen molar-refractivity contribution in [3.63, 3.8) is 0 Å². The lowest BCUT2D eigenvalue weighted by atomic mass is 9.64. The third kappa shape index (κ3) is 2.20. The van der Waals surface area contributed by atoms with E-state index in [0.717, 1.165) is 29.6 Å². The molecular formula is C20H32. The Kier molecular flexibility index (Phi) is 3.63. The van der Waals surface area contributed by atoms with Gasteiger partial charge in [0.2, 0.25) is 0 Å². The van der Waals surface area contributed by atoms with Gasteiger partial charge >= 0.3 is 0 Å². The van der Waals surface area contributed by atoms with Crippen molar-refractivity contribution in [3.05, 3.63) is 23.8 Å². The highest BCUT2D eigenvalue weighted by atomic mass is 14.5. The van der Waals surface area contributed by atoms with Crippen molar-refractivity contribution in [2.75, 3.05) is 0 Å². The number of hydrogen-bond acceptors (Lipinski definition) is 0. The Hall–Kier alpha value is -0.520. The van der Waals surface area contributed by atoms with Gasteiger partial charge in [-0.15, -0.1) is 0 Å². The van der Waals surface area contributed by atoms with E-state index < -0.39 is 0 Å². The van der Waals surface area contributed by atoms with Gasteiger partial charge in [-0.2, -0.15) is 0 Å². The van der Waals surface area contributed by atoms with Crippen LogP contribution in [0.4, 0.5) is 0 Å². The van der Waals surface area contributed by atoms with Gasteiger partial charge < -0.3 is 0 Å². The summed E-state index contributed by atoms with van der Waals surface area (Å²) in [5, 5.41) is 0.